The molecule has 4 rings (SSSR count). The molecule has 0 unspecified atom stereocenters. The van der Waals surface area contributed by atoms with E-state index in [-0.39, 0.29) is 10.9 Å². The summed E-state index contributed by atoms with van der Waals surface area (Å²) in [6.07, 6.45) is 0.820. The number of sulfonamides is 1. The summed E-state index contributed by atoms with van der Waals surface area (Å²) in [4.78, 5) is 16.5. The van der Waals surface area contributed by atoms with Crippen molar-refractivity contribution in [3.63, 3.8) is 0 Å². The predicted octanol–water partition coefficient (Wildman–Crippen LogP) is 4.47. The molecular weight excluding hydrogens is 445 g/mol. The summed E-state index contributed by atoms with van der Waals surface area (Å²) in [5, 5.41) is 0. The molecule has 2 amide bonds. The molecule has 0 saturated carbocycles. The van der Waals surface area contributed by atoms with Crippen molar-refractivity contribution in [2.45, 2.75) is 17.9 Å². The lowest BCUT2D eigenvalue weighted by Crippen LogP contribution is -2.49. The van der Waals surface area contributed by atoms with E-state index >= 15 is 0 Å². The Morgan fingerprint density at radius 3 is 2.24 bits per heavy atom. The maximum atomic E-state index is 13.1. The molecule has 1 aliphatic heterocycles. The Bertz CT molecular complexity index is 1210. The first-order valence-corrected chi connectivity index (χ1v) is 11.9. The highest BCUT2D eigenvalue weighted by atomic mass is 32.2. The van der Waals surface area contributed by atoms with E-state index in [0.717, 1.165) is 29.9 Å². The predicted molar refractivity (Wildman–Crippen MR) is 124 cm³/mol. The van der Waals surface area contributed by atoms with Crippen LogP contribution in [0.5, 0.6) is 5.75 Å². The largest absolute Gasteiger partial charge is 0.497 e. The molecule has 33 heavy (non-hydrogen) atoms. The third-order valence-electron chi connectivity index (χ3n) is 5.40. The van der Waals surface area contributed by atoms with Gasteiger partial charge in [-0.05, 0) is 72.6 Å². The van der Waals surface area contributed by atoms with Gasteiger partial charge in [0.05, 0.1) is 12.0 Å². The monoisotopic (exact) mass is 469 g/mol. The van der Waals surface area contributed by atoms with Gasteiger partial charge in [0, 0.05) is 31.0 Å². The first-order chi connectivity index (χ1) is 15.9. The number of carbonyl (C=O) groups excluding carboxylic acids is 1. The van der Waals surface area contributed by atoms with Gasteiger partial charge in [-0.25, -0.2) is 17.6 Å². The van der Waals surface area contributed by atoms with E-state index in [1.807, 2.05) is 24.3 Å². The van der Waals surface area contributed by atoms with E-state index in [9.17, 15) is 17.6 Å². The van der Waals surface area contributed by atoms with Crippen molar-refractivity contribution in [3.05, 3.63) is 84.2 Å². The number of halogens is 1. The summed E-state index contributed by atoms with van der Waals surface area (Å²) in [7, 11) is -2.23. The lowest BCUT2D eigenvalue weighted by molar-refractivity contribution is 0.192. The van der Waals surface area contributed by atoms with E-state index < -0.39 is 15.8 Å². The first-order valence-electron chi connectivity index (χ1n) is 10.4. The normalized spacial score (nSPS) is 14.3. The average Bonchev–Trinajstić information content (AvgIpc) is 2.82. The van der Waals surface area contributed by atoms with Gasteiger partial charge in [-0.1, -0.05) is 12.1 Å². The molecule has 7 nitrogen and oxygen atoms in total. The molecular formula is C24H24FN3O4S. The SMILES string of the molecule is COc1ccc(CN2CCCN(c3ccc(NS(=O)(=O)c4ccc(F)cc4)cc3)C2=O)cc1. The van der Waals surface area contributed by atoms with Gasteiger partial charge in [0.2, 0.25) is 0 Å². The molecule has 1 aliphatic rings. The number of hydrogen-bond donors (Lipinski definition) is 1. The highest BCUT2D eigenvalue weighted by Gasteiger charge is 2.27. The molecule has 0 spiro atoms. The van der Waals surface area contributed by atoms with Crippen LogP contribution in [0.4, 0.5) is 20.6 Å². The van der Waals surface area contributed by atoms with Crippen LogP contribution in [0.15, 0.2) is 77.7 Å². The number of amides is 2. The molecule has 1 N–H and O–H groups in total. The Morgan fingerprint density at radius 2 is 1.61 bits per heavy atom. The second-order valence-corrected chi connectivity index (χ2v) is 9.35. The molecule has 1 fully saturated rings. The van der Waals surface area contributed by atoms with Crippen molar-refractivity contribution >= 4 is 27.4 Å². The van der Waals surface area contributed by atoms with Crippen LogP contribution in [0.1, 0.15) is 12.0 Å². The summed E-state index contributed by atoms with van der Waals surface area (Å²) in [5.74, 6) is 0.256. The van der Waals surface area contributed by atoms with Crippen molar-refractivity contribution < 1.29 is 22.3 Å². The van der Waals surface area contributed by atoms with Gasteiger partial charge in [0.15, 0.2) is 0 Å². The lowest BCUT2D eigenvalue weighted by Gasteiger charge is -2.35. The molecule has 0 radical (unpaired) electrons. The summed E-state index contributed by atoms with van der Waals surface area (Å²) in [5.41, 5.74) is 2.04. The van der Waals surface area contributed by atoms with E-state index in [0.29, 0.717) is 31.0 Å². The topological polar surface area (TPSA) is 79.0 Å². The van der Waals surface area contributed by atoms with E-state index in [1.54, 1.807) is 41.2 Å². The quantitative estimate of drug-likeness (QED) is 0.554. The average molecular weight is 470 g/mol. The van der Waals surface area contributed by atoms with Crippen molar-refractivity contribution in [3.8, 4) is 5.75 Å². The Hall–Kier alpha value is -3.59. The van der Waals surface area contributed by atoms with Crippen LogP contribution in [-0.2, 0) is 16.6 Å². The van der Waals surface area contributed by atoms with Crippen molar-refractivity contribution in [1.82, 2.24) is 4.90 Å². The molecule has 3 aromatic rings. The molecule has 0 aromatic heterocycles. The number of ether oxygens (including phenoxy) is 1. The highest BCUT2D eigenvalue weighted by Crippen LogP contribution is 2.25. The molecule has 9 heteroatoms. The fraction of sp³-hybridized carbons (Fsp3) is 0.208. The summed E-state index contributed by atoms with van der Waals surface area (Å²) in [6.45, 7) is 1.74. The standard InChI is InChI=1S/C24H24FN3O4S/c1-32-22-11-3-18(4-12-22)17-27-15-2-16-28(24(27)29)21-9-7-20(8-10-21)26-33(30,31)23-13-5-19(25)6-14-23/h3-14,26H,2,15-17H2,1H3. The zero-order valence-electron chi connectivity index (χ0n) is 18.1. The van der Waals surface area contributed by atoms with Gasteiger partial charge in [0.25, 0.3) is 10.0 Å². The number of carbonyl (C=O) groups is 1. The van der Waals surface area contributed by atoms with Gasteiger partial charge in [-0.2, -0.15) is 0 Å². The number of methoxy groups -OCH3 is 1. The van der Waals surface area contributed by atoms with Gasteiger partial charge >= 0.3 is 6.03 Å². The zero-order chi connectivity index (χ0) is 23.4. The number of rotatable bonds is 7. The number of hydrogen-bond acceptors (Lipinski definition) is 4. The summed E-state index contributed by atoms with van der Waals surface area (Å²) in [6, 6.07) is 18.7. The molecule has 172 valence electrons. The Labute approximate surface area is 192 Å². The smallest absolute Gasteiger partial charge is 0.324 e. The fourth-order valence-electron chi connectivity index (χ4n) is 3.66. The van der Waals surface area contributed by atoms with Gasteiger partial charge in [0.1, 0.15) is 11.6 Å². The van der Waals surface area contributed by atoms with Crippen molar-refractivity contribution in [1.29, 1.82) is 0 Å². The van der Waals surface area contributed by atoms with Crippen LogP contribution in [0.3, 0.4) is 0 Å². The van der Waals surface area contributed by atoms with Gasteiger partial charge in [-0.15, -0.1) is 0 Å². The van der Waals surface area contributed by atoms with Crippen LogP contribution >= 0.6 is 0 Å². The maximum Gasteiger partial charge on any atom is 0.324 e. The Balaban J connectivity index is 1.44. The third kappa shape index (κ3) is 5.25. The Kier molecular flexibility index (Phi) is 6.50. The van der Waals surface area contributed by atoms with E-state index in [4.69, 9.17) is 4.74 Å². The number of urea groups is 1. The molecule has 1 heterocycles. The number of benzene rings is 3. The summed E-state index contributed by atoms with van der Waals surface area (Å²) < 4.78 is 45.7. The second kappa shape index (κ2) is 9.50. The highest BCUT2D eigenvalue weighted by molar-refractivity contribution is 7.92. The molecule has 0 aliphatic carbocycles. The lowest BCUT2D eigenvalue weighted by atomic mass is 10.1. The zero-order valence-corrected chi connectivity index (χ0v) is 18.9. The van der Waals surface area contributed by atoms with Crippen LogP contribution in [-0.4, -0.2) is 39.5 Å². The molecule has 0 bridgehead atoms. The molecule has 0 atom stereocenters. The van der Waals surface area contributed by atoms with E-state index in [2.05, 4.69) is 4.72 Å². The van der Waals surface area contributed by atoms with Crippen LogP contribution in [0.2, 0.25) is 0 Å². The minimum absolute atomic E-state index is 0.0339. The minimum Gasteiger partial charge on any atom is -0.497 e. The maximum absolute atomic E-state index is 13.1. The number of anilines is 2. The molecule has 3 aromatic carbocycles. The Morgan fingerprint density at radius 1 is 0.939 bits per heavy atom. The van der Waals surface area contributed by atoms with Crippen LogP contribution < -0.4 is 14.4 Å². The van der Waals surface area contributed by atoms with Gasteiger partial charge < -0.3 is 9.64 Å². The third-order valence-corrected chi connectivity index (χ3v) is 6.80. The molecule has 1 saturated heterocycles. The van der Waals surface area contributed by atoms with Crippen molar-refractivity contribution in [2.24, 2.45) is 0 Å². The van der Waals surface area contributed by atoms with Gasteiger partial charge in [-0.3, -0.25) is 9.62 Å². The minimum atomic E-state index is -3.84. The first kappa shape index (κ1) is 22.6. The van der Waals surface area contributed by atoms with Crippen LogP contribution in [0, 0.1) is 5.82 Å². The fourth-order valence-corrected chi connectivity index (χ4v) is 4.72. The summed E-state index contributed by atoms with van der Waals surface area (Å²) >= 11 is 0. The van der Waals surface area contributed by atoms with Crippen LogP contribution in [0.25, 0.3) is 0 Å². The van der Waals surface area contributed by atoms with E-state index in [1.165, 1.54) is 12.1 Å². The second-order valence-electron chi connectivity index (χ2n) is 7.66. The van der Waals surface area contributed by atoms with Crippen molar-refractivity contribution in [2.75, 3.05) is 29.8 Å². The number of nitrogens with one attached hydrogen (secondary N) is 1. The number of nitrogens with zero attached hydrogens (tertiary/aromatic N) is 2.